The van der Waals surface area contributed by atoms with E-state index in [1.54, 1.807) is 61.6 Å². The molecule has 0 unspecified atom stereocenters. The number of nitrogens with one attached hydrogen (secondary N) is 9. The molecule has 4 aliphatic rings. The molecule has 137 heavy (non-hydrogen) atoms. The number of aromatic carboxylic acids is 1. The van der Waals surface area contributed by atoms with Crippen molar-refractivity contribution in [1.82, 2.24) is 61.4 Å². The molecule has 724 valence electrons. The molecule has 13 aromatic rings. The predicted octanol–water partition coefficient (Wildman–Crippen LogP) is 18.0. The second kappa shape index (κ2) is 57.7. The standard InChI is InChI=1S/C29H30N4O2.C17H19N3O3.C15H16BrN3.C15H13N3O2.C15H17N3.C6H6N2O2.C2HF3O.6CH4/c1-20-25-10-6-7-11-26(25)35-27(20)19-33(2)28(34)13-12-22-14-23-17-30-24(18-32-29(23)31-16-22)15-21-8-4-3-5-9-21;1-2-23-17(22)14(11-12-7-4-3-5-8-12)20-16(21)13-9-6-10-19-15(13)18;16-13-7-12-8-17-14(10-19-15(12)18-9-13)6-11-4-2-1-3-5-11;19-14-11-7-4-8-16-13(11)18-15(20)12(17-14)9-10-5-2-1-3-6-10;1-2-5-12(6-3-1)9-14-11-18-15-13(10-17-14)7-4-8-16-15;7-5-4(6(9)10)2-1-3-8-5;3-2(4,5)1-6;;;;;;/h3-14,16,24,30H,15,17-19H2,1-2H3,(H,31,32);3-10,14H,2,11H2,1H3,(H2,18,19)(H,20,21);1-5,7,9,14,17H,6,8,10H2,(H,18,19);1-8,12H,9H2,(H,17,19)(H,16,18,20);1-8,14,17H,9-11H2,(H,16,18);1-3H,(H2,7,8)(H,9,10);1H;6*1H4/b13-12+;;;;;;;;;;;;/t24-;2*14-;12-;14-;;;;;;;;/m01000......../s1. The fraction of sp³-hybridized carbons (Fsp3) is 0.267. The van der Waals surface area contributed by atoms with Crippen molar-refractivity contribution in [3.05, 3.63) is 362 Å². The van der Waals surface area contributed by atoms with Crippen LogP contribution in [0.1, 0.15) is 144 Å². The molecular formula is C105H126BrF3N18O10. The minimum absolute atomic E-state index is 0. The molecule has 32 heteroatoms. The first kappa shape index (κ1) is 113. The molecule has 5 atom stereocenters. The number of anilines is 6. The highest BCUT2D eigenvalue weighted by Crippen LogP contribution is 2.28. The highest BCUT2D eigenvalue weighted by atomic mass is 79.9. The monoisotopic (exact) mass is 1930 g/mol. The Labute approximate surface area is 809 Å². The van der Waals surface area contributed by atoms with Crippen molar-refractivity contribution in [3.63, 3.8) is 0 Å². The second-order valence-electron chi connectivity index (χ2n) is 30.5. The highest BCUT2D eigenvalue weighted by molar-refractivity contribution is 9.10. The van der Waals surface area contributed by atoms with Gasteiger partial charge in [-0.1, -0.05) is 220 Å². The Hall–Kier alpha value is -14.9. The van der Waals surface area contributed by atoms with E-state index in [4.69, 9.17) is 30.5 Å². The normalized spacial score (nSPS) is 14.6. The molecule has 0 saturated carbocycles. The highest BCUT2D eigenvalue weighted by Gasteiger charge is 2.30. The van der Waals surface area contributed by atoms with Gasteiger partial charge in [-0.25, -0.2) is 39.5 Å². The number of fused-ring (bicyclic) bond motifs is 5. The average Bonchev–Trinajstić information content (AvgIpc) is 1.66. The Balaban J connectivity index is 0.000000292. The maximum absolute atomic E-state index is 12.8. The number of hydrogen-bond acceptors (Lipinski definition) is 23. The zero-order valence-corrected chi connectivity index (χ0v) is 73.8. The van der Waals surface area contributed by atoms with Crippen molar-refractivity contribution in [3.8, 4) is 0 Å². The van der Waals surface area contributed by atoms with Crippen molar-refractivity contribution in [2.45, 2.75) is 153 Å². The van der Waals surface area contributed by atoms with E-state index in [-0.39, 0.29) is 91.7 Å². The predicted molar refractivity (Wildman–Crippen MR) is 544 cm³/mol. The first-order chi connectivity index (χ1) is 63.4. The number of nitrogens with zero attached hydrogens (tertiary/aromatic N) is 7. The lowest BCUT2D eigenvalue weighted by atomic mass is 10.1. The quantitative estimate of drug-likeness (QED) is 0.0203. The third-order valence-corrected chi connectivity index (χ3v) is 21.3. The van der Waals surface area contributed by atoms with E-state index >= 15 is 0 Å². The number of aryl methyl sites for hydroxylation is 1. The summed E-state index contributed by atoms with van der Waals surface area (Å²) in [4.78, 5) is 107. The Morgan fingerprint density at radius 2 is 1.00 bits per heavy atom. The fourth-order valence-electron chi connectivity index (χ4n) is 14.1. The molecule has 0 aliphatic carbocycles. The summed E-state index contributed by atoms with van der Waals surface area (Å²) in [6, 6.07) is 76.1. The third kappa shape index (κ3) is 35.8. The number of likely N-dealkylation sites (N-methyl/N-ethyl adjacent to an activating group) is 1. The molecule has 7 aromatic heterocycles. The summed E-state index contributed by atoms with van der Waals surface area (Å²) in [5.74, 6) is 1.59. The SMILES string of the molecule is Brc1cnc2c(c1)CN[C@@H](Cc1ccccc1)CN2.C.C.C.C.C.C.CCOC(=O)[C@@H](Cc1ccccc1)NC(=O)c1cccnc1N.Cc1c(CN(C)C(=O)/C=C/c2cnc3c(c2)CN[C@@H](Cc2ccccc2)CN3)oc2ccccc12.Nc1ncccc1C(=O)O.O=C1N[C@@H](Cc2ccccc2)C(=O)Nc2ncccc21.O=CC(F)(F)F.c1ccc(C[C@H]2CNc3ncccc3CN2)cc1. The first-order valence-electron chi connectivity index (χ1n) is 42.2. The topological polar surface area (TPSA) is 403 Å². The van der Waals surface area contributed by atoms with Crippen LogP contribution in [0.3, 0.4) is 0 Å². The zero-order chi connectivity index (χ0) is 92.9. The molecule has 4 aliphatic heterocycles. The Morgan fingerprint density at radius 1 is 0.562 bits per heavy atom. The number of aldehydes is 1. The molecule has 0 radical (unpaired) electrons. The number of pyridine rings is 6. The number of alkyl halides is 3. The van der Waals surface area contributed by atoms with Gasteiger partial charge < -0.3 is 78.5 Å². The summed E-state index contributed by atoms with van der Waals surface area (Å²) in [6.45, 7) is 9.51. The number of esters is 1. The second-order valence-corrected chi connectivity index (χ2v) is 31.4. The molecule has 0 spiro atoms. The van der Waals surface area contributed by atoms with Crippen LogP contribution in [-0.2, 0) is 82.2 Å². The van der Waals surface area contributed by atoms with Crippen LogP contribution in [-0.4, -0.2) is 151 Å². The number of aromatic nitrogens is 6. The molecular weight excluding hydrogens is 1810 g/mol. The van der Waals surface area contributed by atoms with Crippen molar-refractivity contribution in [1.29, 1.82) is 0 Å². The number of rotatable bonds is 19. The van der Waals surface area contributed by atoms with E-state index in [9.17, 15) is 41.9 Å². The smallest absolute Gasteiger partial charge is 0.446 e. The minimum Gasteiger partial charge on any atom is -0.478 e. The molecule has 0 bridgehead atoms. The van der Waals surface area contributed by atoms with Crippen LogP contribution in [0.15, 0.2) is 289 Å². The number of hydrogen-bond donors (Lipinski definition) is 12. The van der Waals surface area contributed by atoms with E-state index in [0.29, 0.717) is 48.9 Å². The number of halogens is 4. The number of ether oxygens (including phenoxy) is 1. The summed E-state index contributed by atoms with van der Waals surface area (Å²) in [6.07, 6.45) is 11.5. The molecule has 17 rings (SSSR count). The van der Waals surface area contributed by atoms with E-state index in [0.717, 1.165) is 125 Å². The summed E-state index contributed by atoms with van der Waals surface area (Å²) < 4.78 is 43.3. The van der Waals surface area contributed by atoms with Crippen LogP contribution in [0.25, 0.3) is 17.0 Å². The maximum atomic E-state index is 12.8. The number of furan rings is 1. The van der Waals surface area contributed by atoms with Gasteiger partial charge >= 0.3 is 18.1 Å². The van der Waals surface area contributed by atoms with Crippen molar-refractivity contribution in [2.75, 3.05) is 66.0 Å². The number of benzene rings is 6. The Kier molecular flexibility index (Phi) is 47.4. The number of nitrogens with two attached hydrogens (primary N) is 2. The summed E-state index contributed by atoms with van der Waals surface area (Å²) >= 11 is 3.47. The molecule has 0 saturated heterocycles. The van der Waals surface area contributed by atoms with Gasteiger partial charge in [-0.15, -0.1) is 0 Å². The third-order valence-electron chi connectivity index (χ3n) is 20.8. The fourth-order valence-corrected chi connectivity index (χ4v) is 14.5. The molecule has 28 nitrogen and oxygen atoms in total. The average molecular weight is 1940 g/mol. The number of carbonyl (C=O) groups excluding carboxylic acids is 6. The molecule has 4 amide bonds. The van der Waals surface area contributed by atoms with Crippen LogP contribution in [0, 0.1) is 6.92 Å². The number of para-hydroxylation sites is 1. The van der Waals surface area contributed by atoms with Gasteiger partial charge in [0.25, 0.3) is 11.8 Å². The summed E-state index contributed by atoms with van der Waals surface area (Å²) in [5.41, 5.74) is 23.9. The summed E-state index contributed by atoms with van der Waals surface area (Å²) in [5, 5.41) is 38.8. The Morgan fingerprint density at radius 3 is 1.49 bits per heavy atom. The van der Waals surface area contributed by atoms with E-state index < -0.39 is 42.4 Å². The Bertz CT molecular complexity index is 5930. The first-order valence-corrected chi connectivity index (χ1v) is 43.0. The molecule has 11 heterocycles. The summed E-state index contributed by atoms with van der Waals surface area (Å²) in [7, 11) is 1.79. The van der Waals surface area contributed by atoms with Crippen LogP contribution in [0.5, 0.6) is 0 Å². The minimum atomic E-state index is -4.64. The number of carboxylic acids is 1. The van der Waals surface area contributed by atoms with Crippen molar-refractivity contribution in [2.24, 2.45) is 0 Å². The lowest BCUT2D eigenvalue weighted by Crippen LogP contribution is -2.43. The number of carbonyl (C=O) groups is 7. The van der Waals surface area contributed by atoms with E-state index in [2.05, 4.69) is 197 Å². The molecule has 0 fully saturated rings. The van der Waals surface area contributed by atoms with Gasteiger partial charge in [0.05, 0.1) is 24.3 Å². The number of carboxylic acid groups (broad SMARTS) is 1. The number of amides is 4. The van der Waals surface area contributed by atoms with Gasteiger partial charge in [-0.3, -0.25) is 24.0 Å². The van der Waals surface area contributed by atoms with Crippen LogP contribution in [0.2, 0.25) is 0 Å². The van der Waals surface area contributed by atoms with E-state index in [1.807, 2.05) is 122 Å². The van der Waals surface area contributed by atoms with E-state index in [1.165, 1.54) is 52.3 Å². The van der Waals surface area contributed by atoms with Gasteiger partial charge in [0.2, 0.25) is 18.1 Å². The number of nitrogen functional groups attached to an aromatic ring is 2. The van der Waals surface area contributed by atoms with Gasteiger partial charge in [0, 0.05) is 153 Å². The van der Waals surface area contributed by atoms with Gasteiger partial charge in [0.1, 0.15) is 63.9 Å². The van der Waals surface area contributed by atoms with Gasteiger partial charge in [0.15, 0.2) is 0 Å². The van der Waals surface area contributed by atoms with Crippen molar-refractivity contribution >= 4 is 110 Å². The van der Waals surface area contributed by atoms with Crippen LogP contribution in [0.4, 0.5) is 48.1 Å². The van der Waals surface area contributed by atoms with Crippen LogP contribution < -0.4 is 59.3 Å². The van der Waals surface area contributed by atoms with Gasteiger partial charge in [-0.05, 0) is 149 Å². The molecule has 6 aromatic carbocycles. The lowest BCUT2D eigenvalue weighted by molar-refractivity contribution is -0.156. The maximum Gasteiger partial charge on any atom is 0.446 e. The zero-order valence-electron chi connectivity index (χ0n) is 72.2. The lowest BCUT2D eigenvalue weighted by Gasteiger charge is -2.17. The van der Waals surface area contributed by atoms with Gasteiger partial charge in [-0.2, -0.15) is 13.2 Å². The van der Waals surface area contributed by atoms with Crippen LogP contribution >= 0.6 is 15.9 Å². The largest absolute Gasteiger partial charge is 0.478 e. The molecule has 14 N–H and O–H groups in total. The van der Waals surface area contributed by atoms with Crippen molar-refractivity contribution < 1.29 is 61.0 Å².